The van der Waals surface area contributed by atoms with Crippen molar-refractivity contribution in [3.63, 3.8) is 0 Å². The first-order valence-electron chi connectivity index (χ1n) is 6.70. The maximum absolute atomic E-state index is 6.03. The van der Waals surface area contributed by atoms with Crippen molar-refractivity contribution in [3.8, 4) is 5.75 Å². The average molecular weight is 249 g/mol. The van der Waals surface area contributed by atoms with Gasteiger partial charge in [0, 0.05) is 12.6 Å². The number of nitrogens with one attached hydrogen (secondary N) is 1. The smallest absolute Gasteiger partial charge is 0.119 e. The highest BCUT2D eigenvalue weighted by Gasteiger charge is 2.34. The number of benzene rings is 1. The molecule has 1 N–H and O–H groups in total. The van der Waals surface area contributed by atoms with Gasteiger partial charge in [-0.05, 0) is 44.0 Å². The van der Waals surface area contributed by atoms with E-state index in [1.807, 2.05) is 12.1 Å². The first-order chi connectivity index (χ1) is 8.68. The van der Waals surface area contributed by atoms with Crippen LogP contribution in [0.1, 0.15) is 32.3 Å². The van der Waals surface area contributed by atoms with Gasteiger partial charge in [0.1, 0.15) is 5.75 Å². The molecule has 1 saturated heterocycles. The van der Waals surface area contributed by atoms with Crippen LogP contribution in [0.2, 0.25) is 0 Å². The minimum Gasteiger partial charge on any atom is -0.497 e. The molecule has 0 amide bonds. The van der Waals surface area contributed by atoms with Gasteiger partial charge in [-0.25, -0.2) is 0 Å². The van der Waals surface area contributed by atoms with Gasteiger partial charge in [-0.15, -0.1) is 0 Å². The molecule has 1 aromatic carbocycles. The Kier molecular flexibility index (Phi) is 4.25. The van der Waals surface area contributed by atoms with Crippen LogP contribution in [0.4, 0.5) is 0 Å². The second-order valence-electron chi connectivity index (χ2n) is 5.06. The van der Waals surface area contributed by atoms with E-state index in [2.05, 4.69) is 31.3 Å². The Morgan fingerprint density at radius 3 is 3.06 bits per heavy atom. The first-order valence-corrected chi connectivity index (χ1v) is 6.70. The SMILES string of the molecule is CCNC1CCOC(C)(c2cccc(OC)c2)C1. The lowest BCUT2D eigenvalue weighted by Crippen LogP contribution is -2.43. The van der Waals surface area contributed by atoms with Crippen LogP contribution in [0.3, 0.4) is 0 Å². The van der Waals surface area contributed by atoms with Crippen LogP contribution in [0, 0.1) is 0 Å². The highest BCUT2D eigenvalue weighted by atomic mass is 16.5. The summed E-state index contributed by atoms with van der Waals surface area (Å²) in [6.45, 7) is 6.15. The Hall–Kier alpha value is -1.06. The van der Waals surface area contributed by atoms with Gasteiger partial charge in [0.15, 0.2) is 0 Å². The fraction of sp³-hybridized carbons (Fsp3) is 0.600. The number of hydrogen-bond donors (Lipinski definition) is 1. The van der Waals surface area contributed by atoms with Crippen molar-refractivity contribution in [2.75, 3.05) is 20.3 Å². The molecule has 18 heavy (non-hydrogen) atoms. The molecule has 3 heteroatoms. The van der Waals surface area contributed by atoms with E-state index in [4.69, 9.17) is 9.47 Å². The van der Waals surface area contributed by atoms with Crippen LogP contribution >= 0.6 is 0 Å². The molecule has 100 valence electrons. The van der Waals surface area contributed by atoms with Crippen molar-refractivity contribution in [1.82, 2.24) is 5.32 Å². The van der Waals surface area contributed by atoms with Crippen molar-refractivity contribution < 1.29 is 9.47 Å². The lowest BCUT2D eigenvalue weighted by molar-refractivity contribution is -0.0811. The summed E-state index contributed by atoms with van der Waals surface area (Å²) in [6.07, 6.45) is 2.10. The Morgan fingerprint density at radius 2 is 2.33 bits per heavy atom. The Labute approximate surface area is 109 Å². The summed E-state index contributed by atoms with van der Waals surface area (Å²) in [6, 6.07) is 8.74. The van der Waals surface area contributed by atoms with Crippen LogP contribution in [0.5, 0.6) is 5.75 Å². The number of ether oxygens (including phenoxy) is 2. The molecule has 0 aromatic heterocycles. The number of hydrogen-bond acceptors (Lipinski definition) is 3. The molecule has 0 saturated carbocycles. The second-order valence-corrected chi connectivity index (χ2v) is 5.06. The molecule has 1 aliphatic rings. The molecular formula is C15H23NO2. The molecule has 1 aliphatic heterocycles. The van der Waals surface area contributed by atoms with Gasteiger partial charge in [0.05, 0.1) is 12.7 Å². The molecule has 1 heterocycles. The second kappa shape index (κ2) is 5.72. The van der Waals surface area contributed by atoms with Gasteiger partial charge in [-0.3, -0.25) is 0 Å². The fourth-order valence-electron chi connectivity index (χ4n) is 2.67. The zero-order valence-electron chi connectivity index (χ0n) is 11.5. The van der Waals surface area contributed by atoms with Gasteiger partial charge in [-0.2, -0.15) is 0 Å². The number of methoxy groups -OCH3 is 1. The lowest BCUT2D eigenvalue weighted by atomic mass is 9.85. The van der Waals surface area contributed by atoms with E-state index in [1.165, 1.54) is 5.56 Å². The fourth-order valence-corrected chi connectivity index (χ4v) is 2.67. The van der Waals surface area contributed by atoms with E-state index in [-0.39, 0.29) is 5.60 Å². The summed E-state index contributed by atoms with van der Waals surface area (Å²) in [7, 11) is 1.70. The first kappa shape index (κ1) is 13.4. The summed E-state index contributed by atoms with van der Waals surface area (Å²) < 4.78 is 11.3. The van der Waals surface area contributed by atoms with Crippen molar-refractivity contribution >= 4 is 0 Å². The Bertz CT molecular complexity index is 392. The van der Waals surface area contributed by atoms with Gasteiger partial charge in [0.25, 0.3) is 0 Å². The van der Waals surface area contributed by atoms with Gasteiger partial charge in [0.2, 0.25) is 0 Å². The van der Waals surface area contributed by atoms with Crippen molar-refractivity contribution in [3.05, 3.63) is 29.8 Å². The van der Waals surface area contributed by atoms with Crippen LogP contribution in [0.15, 0.2) is 24.3 Å². The molecule has 1 aromatic rings. The largest absolute Gasteiger partial charge is 0.497 e. The summed E-state index contributed by atoms with van der Waals surface area (Å²) in [5.74, 6) is 0.892. The monoisotopic (exact) mass is 249 g/mol. The molecule has 2 atom stereocenters. The zero-order valence-corrected chi connectivity index (χ0v) is 11.5. The zero-order chi connectivity index (χ0) is 13.0. The molecule has 2 unspecified atom stereocenters. The van der Waals surface area contributed by atoms with E-state index >= 15 is 0 Å². The maximum Gasteiger partial charge on any atom is 0.119 e. The van der Waals surface area contributed by atoms with E-state index in [0.29, 0.717) is 6.04 Å². The van der Waals surface area contributed by atoms with Crippen molar-refractivity contribution in [2.24, 2.45) is 0 Å². The summed E-state index contributed by atoms with van der Waals surface area (Å²) in [5.41, 5.74) is 0.990. The molecule has 0 radical (unpaired) electrons. The third kappa shape index (κ3) is 2.85. The minimum atomic E-state index is -0.209. The number of rotatable bonds is 4. The minimum absolute atomic E-state index is 0.209. The van der Waals surface area contributed by atoms with E-state index < -0.39 is 0 Å². The van der Waals surface area contributed by atoms with Gasteiger partial charge in [-0.1, -0.05) is 19.1 Å². The van der Waals surface area contributed by atoms with E-state index in [1.54, 1.807) is 7.11 Å². The quantitative estimate of drug-likeness (QED) is 0.890. The van der Waals surface area contributed by atoms with Gasteiger partial charge < -0.3 is 14.8 Å². The van der Waals surface area contributed by atoms with E-state index in [9.17, 15) is 0 Å². The van der Waals surface area contributed by atoms with Crippen LogP contribution in [0.25, 0.3) is 0 Å². The molecule has 0 bridgehead atoms. The Morgan fingerprint density at radius 1 is 1.50 bits per heavy atom. The Balaban J connectivity index is 2.18. The summed E-state index contributed by atoms with van der Waals surface area (Å²) >= 11 is 0. The third-order valence-corrected chi connectivity index (χ3v) is 3.70. The predicted molar refractivity (Wildman–Crippen MR) is 73.0 cm³/mol. The lowest BCUT2D eigenvalue weighted by Gasteiger charge is -2.39. The normalized spacial score (nSPS) is 28.1. The van der Waals surface area contributed by atoms with E-state index in [0.717, 1.165) is 31.7 Å². The standard InChI is InChI=1S/C15H23NO2/c1-4-16-13-8-9-18-15(2,11-13)12-6-5-7-14(10-12)17-3/h5-7,10,13,16H,4,8-9,11H2,1-3H3. The third-order valence-electron chi connectivity index (χ3n) is 3.70. The highest BCUT2D eigenvalue weighted by Crippen LogP contribution is 2.36. The van der Waals surface area contributed by atoms with Crippen molar-refractivity contribution in [2.45, 2.75) is 38.3 Å². The molecule has 0 spiro atoms. The predicted octanol–water partition coefficient (Wildman–Crippen LogP) is 2.70. The van der Waals surface area contributed by atoms with Crippen LogP contribution < -0.4 is 10.1 Å². The molecule has 3 nitrogen and oxygen atoms in total. The van der Waals surface area contributed by atoms with Crippen LogP contribution in [-0.4, -0.2) is 26.3 Å². The molecule has 2 rings (SSSR count). The topological polar surface area (TPSA) is 30.5 Å². The maximum atomic E-state index is 6.03. The highest BCUT2D eigenvalue weighted by molar-refractivity contribution is 5.32. The van der Waals surface area contributed by atoms with Crippen molar-refractivity contribution in [1.29, 1.82) is 0 Å². The molecule has 1 fully saturated rings. The van der Waals surface area contributed by atoms with Gasteiger partial charge >= 0.3 is 0 Å². The molecular weight excluding hydrogens is 226 g/mol. The summed E-state index contributed by atoms with van der Waals surface area (Å²) in [5, 5.41) is 3.53. The van der Waals surface area contributed by atoms with Crippen LogP contribution in [-0.2, 0) is 10.3 Å². The average Bonchev–Trinajstić information content (AvgIpc) is 2.39. The molecule has 0 aliphatic carbocycles. The summed E-state index contributed by atoms with van der Waals surface area (Å²) in [4.78, 5) is 0.